The topological polar surface area (TPSA) is 52.6 Å². The van der Waals surface area contributed by atoms with Crippen LogP contribution in [0.4, 0.5) is 0 Å². The van der Waals surface area contributed by atoms with Crippen molar-refractivity contribution in [3.63, 3.8) is 0 Å². The van der Waals surface area contributed by atoms with E-state index in [9.17, 15) is 0 Å². The fourth-order valence-corrected chi connectivity index (χ4v) is 4.19. The molecule has 26 heavy (non-hydrogen) atoms. The van der Waals surface area contributed by atoms with Crippen molar-refractivity contribution in [2.24, 2.45) is 10.9 Å². The van der Waals surface area contributed by atoms with Gasteiger partial charge in [-0.1, -0.05) is 20.8 Å². The van der Waals surface area contributed by atoms with Crippen molar-refractivity contribution in [1.29, 1.82) is 0 Å². The standard InChI is InChI=1S/C20H37N5S/c1-5-21-20(23-13-19-24-18(15-26-19)16(2)3)22-10-6-7-11-25-12-8-9-17(4)14-25/h15-17H,5-14H2,1-4H3,(H2,21,22,23). The van der Waals surface area contributed by atoms with Gasteiger partial charge in [-0.05, 0) is 57.5 Å². The molecule has 2 N–H and O–H groups in total. The Hall–Kier alpha value is -1.14. The van der Waals surface area contributed by atoms with Gasteiger partial charge in [0, 0.05) is 25.0 Å². The predicted molar refractivity (Wildman–Crippen MR) is 113 cm³/mol. The Morgan fingerprint density at radius 1 is 1.38 bits per heavy atom. The van der Waals surface area contributed by atoms with Gasteiger partial charge in [-0.3, -0.25) is 0 Å². The van der Waals surface area contributed by atoms with Crippen LogP contribution >= 0.6 is 11.3 Å². The molecular weight excluding hydrogens is 342 g/mol. The zero-order valence-corrected chi connectivity index (χ0v) is 17.9. The first-order valence-electron chi connectivity index (χ1n) is 10.3. The molecule has 0 amide bonds. The normalized spacial score (nSPS) is 19.1. The van der Waals surface area contributed by atoms with E-state index in [1.807, 2.05) is 0 Å². The zero-order chi connectivity index (χ0) is 18.8. The van der Waals surface area contributed by atoms with Crippen LogP contribution in [0.3, 0.4) is 0 Å². The molecular formula is C20H37N5S. The van der Waals surface area contributed by atoms with E-state index in [2.05, 4.69) is 58.6 Å². The number of nitrogens with one attached hydrogen (secondary N) is 2. The Morgan fingerprint density at radius 2 is 2.23 bits per heavy atom. The number of likely N-dealkylation sites (tertiary alicyclic amines) is 1. The number of hydrogen-bond acceptors (Lipinski definition) is 4. The lowest BCUT2D eigenvalue weighted by Crippen LogP contribution is -2.38. The van der Waals surface area contributed by atoms with E-state index in [-0.39, 0.29) is 0 Å². The van der Waals surface area contributed by atoms with Crippen LogP contribution in [0.5, 0.6) is 0 Å². The highest BCUT2D eigenvalue weighted by Gasteiger charge is 2.15. The lowest BCUT2D eigenvalue weighted by atomic mass is 10.0. The van der Waals surface area contributed by atoms with E-state index >= 15 is 0 Å². The molecule has 2 heterocycles. The molecule has 0 aliphatic carbocycles. The van der Waals surface area contributed by atoms with Crippen molar-refractivity contribution in [3.8, 4) is 0 Å². The highest BCUT2D eigenvalue weighted by molar-refractivity contribution is 7.09. The minimum Gasteiger partial charge on any atom is -0.357 e. The van der Waals surface area contributed by atoms with Gasteiger partial charge in [-0.15, -0.1) is 11.3 Å². The van der Waals surface area contributed by atoms with Crippen molar-refractivity contribution in [3.05, 3.63) is 16.1 Å². The second-order valence-electron chi connectivity index (χ2n) is 7.70. The largest absolute Gasteiger partial charge is 0.357 e. The SMILES string of the molecule is CCNC(=NCc1nc(C(C)C)cs1)NCCCCN1CCCC(C)C1. The third kappa shape index (κ3) is 7.62. The molecule has 1 aliphatic rings. The number of unbranched alkanes of at least 4 members (excludes halogenated alkanes) is 1. The van der Waals surface area contributed by atoms with Crippen molar-refractivity contribution >= 4 is 17.3 Å². The highest BCUT2D eigenvalue weighted by Crippen LogP contribution is 2.18. The molecule has 1 aromatic heterocycles. The van der Waals surface area contributed by atoms with Gasteiger partial charge >= 0.3 is 0 Å². The molecule has 148 valence electrons. The van der Waals surface area contributed by atoms with E-state index < -0.39 is 0 Å². The van der Waals surface area contributed by atoms with Crippen molar-refractivity contribution < 1.29 is 0 Å². The first kappa shape index (κ1) is 21.2. The van der Waals surface area contributed by atoms with Gasteiger partial charge in [0.05, 0.1) is 12.2 Å². The first-order chi connectivity index (χ1) is 12.6. The Bertz CT molecular complexity index is 540. The zero-order valence-electron chi connectivity index (χ0n) is 17.1. The summed E-state index contributed by atoms with van der Waals surface area (Å²) < 4.78 is 0. The number of nitrogens with zero attached hydrogens (tertiary/aromatic N) is 3. The van der Waals surface area contributed by atoms with Crippen LogP contribution in [0.1, 0.15) is 70.0 Å². The molecule has 0 spiro atoms. The maximum atomic E-state index is 4.69. The molecule has 1 atom stereocenters. The summed E-state index contributed by atoms with van der Waals surface area (Å²) in [5.41, 5.74) is 1.17. The summed E-state index contributed by atoms with van der Waals surface area (Å²) in [6, 6.07) is 0. The first-order valence-corrected chi connectivity index (χ1v) is 11.1. The second kappa shape index (κ2) is 11.5. The van der Waals surface area contributed by atoms with Gasteiger partial charge in [0.25, 0.3) is 0 Å². The van der Waals surface area contributed by atoms with Gasteiger partial charge in [0.2, 0.25) is 0 Å². The van der Waals surface area contributed by atoms with Crippen LogP contribution in [0.2, 0.25) is 0 Å². The van der Waals surface area contributed by atoms with Crippen LogP contribution in [0.25, 0.3) is 0 Å². The number of aliphatic imine (C=N–C) groups is 1. The number of piperidine rings is 1. The molecule has 0 bridgehead atoms. The molecule has 0 saturated carbocycles. The smallest absolute Gasteiger partial charge is 0.191 e. The van der Waals surface area contributed by atoms with Gasteiger partial charge < -0.3 is 15.5 Å². The van der Waals surface area contributed by atoms with Crippen LogP contribution in [0.15, 0.2) is 10.4 Å². The third-order valence-corrected chi connectivity index (χ3v) is 5.66. The molecule has 0 aromatic carbocycles. The van der Waals surface area contributed by atoms with E-state index in [1.165, 1.54) is 51.0 Å². The molecule has 1 aromatic rings. The average Bonchev–Trinajstić information content (AvgIpc) is 3.08. The minimum atomic E-state index is 0.484. The quantitative estimate of drug-likeness (QED) is 0.389. The molecule has 1 unspecified atom stereocenters. The molecule has 5 nitrogen and oxygen atoms in total. The summed E-state index contributed by atoms with van der Waals surface area (Å²) in [7, 11) is 0. The minimum absolute atomic E-state index is 0.484. The summed E-state index contributed by atoms with van der Waals surface area (Å²) in [5, 5.41) is 10.0. The Morgan fingerprint density at radius 3 is 2.92 bits per heavy atom. The lowest BCUT2D eigenvalue weighted by molar-refractivity contribution is 0.181. The Balaban J connectivity index is 1.68. The molecule has 0 radical (unpaired) electrons. The van der Waals surface area contributed by atoms with E-state index in [0.717, 1.165) is 30.0 Å². The number of aromatic nitrogens is 1. The molecule has 1 aliphatic heterocycles. The van der Waals surface area contributed by atoms with E-state index in [0.29, 0.717) is 12.5 Å². The van der Waals surface area contributed by atoms with Crippen LogP contribution in [-0.2, 0) is 6.54 Å². The van der Waals surface area contributed by atoms with Gasteiger partial charge in [-0.25, -0.2) is 9.98 Å². The summed E-state index contributed by atoms with van der Waals surface area (Å²) in [5.74, 6) is 2.26. The van der Waals surface area contributed by atoms with E-state index in [1.54, 1.807) is 11.3 Å². The molecule has 2 rings (SSSR count). The summed E-state index contributed by atoms with van der Waals surface area (Å²) >= 11 is 1.71. The molecule has 1 saturated heterocycles. The molecule has 6 heteroatoms. The van der Waals surface area contributed by atoms with Crippen LogP contribution in [-0.4, -0.2) is 48.6 Å². The monoisotopic (exact) mass is 379 g/mol. The van der Waals surface area contributed by atoms with E-state index in [4.69, 9.17) is 0 Å². The van der Waals surface area contributed by atoms with Crippen molar-refractivity contribution in [2.75, 3.05) is 32.7 Å². The maximum absolute atomic E-state index is 4.69. The summed E-state index contributed by atoms with van der Waals surface area (Å²) in [4.78, 5) is 12.0. The van der Waals surface area contributed by atoms with Gasteiger partial charge in [0.1, 0.15) is 5.01 Å². The van der Waals surface area contributed by atoms with Crippen LogP contribution < -0.4 is 10.6 Å². The number of thiazole rings is 1. The van der Waals surface area contributed by atoms with Crippen LogP contribution in [0, 0.1) is 5.92 Å². The van der Waals surface area contributed by atoms with Gasteiger partial charge in [-0.2, -0.15) is 0 Å². The van der Waals surface area contributed by atoms with Gasteiger partial charge in [0.15, 0.2) is 5.96 Å². The number of rotatable bonds is 9. The van der Waals surface area contributed by atoms with Crippen molar-refractivity contribution in [1.82, 2.24) is 20.5 Å². The number of guanidine groups is 1. The second-order valence-corrected chi connectivity index (χ2v) is 8.64. The number of hydrogen-bond donors (Lipinski definition) is 2. The summed E-state index contributed by atoms with van der Waals surface area (Å²) in [6.07, 6.45) is 5.21. The lowest BCUT2D eigenvalue weighted by Gasteiger charge is -2.30. The molecule has 1 fully saturated rings. The maximum Gasteiger partial charge on any atom is 0.191 e. The fourth-order valence-electron chi connectivity index (χ4n) is 3.31. The highest BCUT2D eigenvalue weighted by atomic mass is 32.1. The van der Waals surface area contributed by atoms with Crippen molar-refractivity contribution in [2.45, 2.75) is 65.8 Å². The summed E-state index contributed by atoms with van der Waals surface area (Å²) in [6.45, 7) is 15.1. The average molecular weight is 380 g/mol. The Kier molecular flexibility index (Phi) is 9.40. The third-order valence-electron chi connectivity index (χ3n) is 4.81. The Labute approximate surface area is 163 Å². The fraction of sp³-hybridized carbons (Fsp3) is 0.800. The predicted octanol–water partition coefficient (Wildman–Crippen LogP) is 3.83.